The Hall–Kier alpha value is -2.73. The Morgan fingerprint density at radius 3 is 1.93 bits per heavy atom. The number of nitrogens with two attached hydrogens (primary N) is 1. The summed E-state index contributed by atoms with van der Waals surface area (Å²) < 4.78 is 0. The lowest BCUT2D eigenvalue weighted by Gasteiger charge is -2.19. The zero-order valence-electron chi connectivity index (χ0n) is 15.9. The largest absolute Gasteiger partial charge is 0.339 e. The van der Waals surface area contributed by atoms with Crippen molar-refractivity contribution < 1.29 is 10.1 Å². The van der Waals surface area contributed by atoms with Gasteiger partial charge in [0.25, 0.3) is 5.91 Å². The summed E-state index contributed by atoms with van der Waals surface area (Å²) in [7, 11) is 0. The number of thiophene rings is 2. The van der Waals surface area contributed by atoms with Gasteiger partial charge in [0.05, 0.1) is 10.9 Å². The van der Waals surface area contributed by atoms with Crippen molar-refractivity contribution in [1.82, 2.24) is 5.32 Å². The van der Waals surface area contributed by atoms with Crippen molar-refractivity contribution in [3.8, 4) is 0 Å². The van der Waals surface area contributed by atoms with Crippen molar-refractivity contribution in [1.29, 1.82) is 0 Å². The SMILES string of the molecule is O=C(C[NH2+][C@@H](c1ccccc1)c1cccs1)N[C@@H](c1ccccc1)c1cccs1. The van der Waals surface area contributed by atoms with E-state index in [4.69, 9.17) is 0 Å². The first-order chi connectivity index (χ1) is 14.3. The maximum atomic E-state index is 12.9. The van der Waals surface area contributed by atoms with Crippen molar-refractivity contribution >= 4 is 28.6 Å². The smallest absolute Gasteiger partial charge is 0.275 e. The molecule has 0 bridgehead atoms. The number of benzene rings is 2. The molecule has 3 nitrogen and oxygen atoms in total. The first kappa shape index (κ1) is 19.6. The van der Waals surface area contributed by atoms with E-state index >= 15 is 0 Å². The summed E-state index contributed by atoms with van der Waals surface area (Å²) >= 11 is 3.39. The number of quaternary nitrogens is 1. The second kappa shape index (κ2) is 9.65. The summed E-state index contributed by atoms with van der Waals surface area (Å²) in [6.07, 6.45) is 0. The molecule has 1 amide bonds. The van der Waals surface area contributed by atoms with Crippen LogP contribution in [0.2, 0.25) is 0 Å². The van der Waals surface area contributed by atoms with Crippen LogP contribution in [-0.2, 0) is 4.79 Å². The van der Waals surface area contributed by atoms with E-state index in [1.165, 1.54) is 10.4 Å². The lowest BCUT2D eigenvalue weighted by atomic mass is 10.0. The molecule has 2 heterocycles. The van der Waals surface area contributed by atoms with E-state index in [9.17, 15) is 4.79 Å². The number of carbonyl (C=O) groups excluding carboxylic acids is 1. The Balaban J connectivity index is 1.47. The molecule has 0 aliphatic rings. The third-order valence-corrected chi connectivity index (χ3v) is 6.71. The van der Waals surface area contributed by atoms with E-state index in [1.54, 1.807) is 22.7 Å². The third-order valence-electron chi connectivity index (χ3n) is 4.81. The molecule has 0 aliphatic carbocycles. The van der Waals surface area contributed by atoms with Crippen LogP contribution in [0.1, 0.15) is 33.0 Å². The molecule has 2 atom stereocenters. The van der Waals surface area contributed by atoms with Gasteiger partial charge in [-0.15, -0.1) is 22.7 Å². The van der Waals surface area contributed by atoms with Gasteiger partial charge < -0.3 is 10.6 Å². The van der Waals surface area contributed by atoms with Gasteiger partial charge in [-0.25, -0.2) is 0 Å². The van der Waals surface area contributed by atoms with Gasteiger partial charge in [-0.05, 0) is 28.5 Å². The molecule has 0 spiro atoms. The lowest BCUT2D eigenvalue weighted by molar-refractivity contribution is -0.676. The minimum absolute atomic E-state index is 0.0322. The molecule has 0 aliphatic heterocycles. The summed E-state index contributed by atoms with van der Waals surface area (Å²) in [6.45, 7) is 0.367. The van der Waals surface area contributed by atoms with Crippen molar-refractivity contribution in [2.75, 3.05) is 6.54 Å². The predicted octanol–water partition coefficient (Wildman–Crippen LogP) is 4.37. The number of nitrogens with one attached hydrogen (secondary N) is 1. The van der Waals surface area contributed by atoms with Gasteiger partial charge in [0, 0.05) is 10.4 Å². The third kappa shape index (κ3) is 5.01. The molecule has 2 aromatic heterocycles. The summed E-state index contributed by atoms with van der Waals surface area (Å²) in [5.74, 6) is 0.0322. The number of carbonyl (C=O) groups is 1. The molecule has 4 aromatic rings. The van der Waals surface area contributed by atoms with Crippen molar-refractivity contribution in [2.24, 2.45) is 0 Å². The molecule has 0 saturated heterocycles. The van der Waals surface area contributed by atoms with E-state index in [-0.39, 0.29) is 18.0 Å². The number of rotatable bonds is 8. The van der Waals surface area contributed by atoms with Crippen LogP contribution in [0.4, 0.5) is 0 Å². The quantitative estimate of drug-likeness (QED) is 0.438. The van der Waals surface area contributed by atoms with Crippen molar-refractivity contribution in [2.45, 2.75) is 12.1 Å². The number of hydrogen-bond donors (Lipinski definition) is 2. The molecule has 0 radical (unpaired) electrons. The highest BCUT2D eigenvalue weighted by Crippen LogP contribution is 2.26. The average molecular weight is 420 g/mol. The van der Waals surface area contributed by atoms with Gasteiger partial charge in [0.2, 0.25) is 0 Å². The van der Waals surface area contributed by atoms with Gasteiger partial charge >= 0.3 is 0 Å². The number of amides is 1. The summed E-state index contributed by atoms with van der Waals surface area (Å²) in [5, 5.41) is 9.48. The van der Waals surface area contributed by atoms with Crippen LogP contribution in [0.25, 0.3) is 0 Å². The van der Waals surface area contributed by atoms with Crippen LogP contribution in [0.15, 0.2) is 95.7 Å². The first-order valence-corrected chi connectivity index (χ1v) is 11.4. The summed E-state index contributed by atoms with van der Waals surface area (Å²) in [5.41, 5.74) is 2.31. The molecular weight excluding hydrogens is 396 g/mol. The predicted molar refractivity (Wildman–Crippen MR) is 120 cm³/mol. The number of hydrogen-bond acceptors (Lipinski definition) is 3. The minimum atomic E-state index is -0.117. The zero-order valence-corrected chi connectivity index (χ0v) is 17.5. The summed E-state index contributed by atoms with van der Waals surface area (Å²) in [6, 6.07) is 28.8. The van der Waals surface area contributed by atoms with Crippen molar-refractivity contribution in [3.05, 3.63) is 117 Å². The highest BCUT2D eigenvalue weighted by Gasteiger charge is 2.22. The zero-order chi connectivity index (χ0) is 19.9. The van der Waals surface area contributed by atoms with Gasteiger partial charge in [-0.2, -0.15) is 0 Å². The Morgan fingerprint density at radius 1 is 0.759 bits per heavy atom. The first-order valence-electron chi connectivity index (χ1n) is 9.60. The van der Waals surface area contributed by atoms with Crippen LogP contribution in [0.3, 0.4) is 0 Å². The Morgan fingerprint density at radius 2 is 1.34 bits per heavy atom. The molecule has 29 heavy (non-hydrogen) atoms. The maximum Gasteiger partial charge on any atom is 0.275 e. The van der Waals surface area contributed by atoms with Crippen LogP contribution in [0, 0.1) is 0 Å². The van der Waals surface area contributed by atoms with Crippen LogP contribution in [0.5, 0.6) is 0 Å². The summed E-state index contributed by atoms with van der Waals surface area (Å²) in [4.78, 5) is 15.3. The van der Waals surface area contributed by atoms with Crippen LogP contribution < -0.4 is 10.6 Å². The molecule has 5 heteroatoms. The highest BCUT2D eigenvalue weighted by atomic mass is 32.1. The molecule has 4 rings (SSSR count). The van der Waals surface area contributed by atoms with Gasteiger partial charge in [-0.3, -0.25) is 4.79 Å². The molecule has 0 saturated carbocycles. The molecule has 0 fully saturated rings. The van der Waals surface area contributed by atoms with E-state index in [2.05, 4.69) is 58.5 Å². The fraction of sp³-hybridized carbons (Fsp3) is 0.125. The lowest BCUT2D eigenvalue weighted by Crippen LogP contribution is -2.87. The van der Waals surface area contributed by atoms with Gasteiger partial charge in [0.15, 0.2) is 6.54 Å². The second-order valence-corrected chi connectivity index (χ2v) is 8.73. The monoisotopic (exact) mass is 419 g/mol. The van der Waals surface area contributed by atoms with E-state index in [0.29, 0.717) is 6.54 Å². The Bertz CT molecular complexity index is 1000. The Labute approximate surface area is 179 Å². The topological polar surface area (TPSA) is 45.7 Å². The maximum absolute atomic E-state index is 12.9. The molecule has 3 N–H and O–H groups in total. The fourth-order valence-corrected chi connectivity index (χ4v) is 5.06. The molecule has 2 aromatic carbocycles. The van der Waals surface area contributed by atoms with Crippen LogP contribution in [-0.4, -0.2) is 12.5 Å². The molecular formula is C24H23N2OS2+. The van der Waals surface area contributed by atoms with Gasteiger partial charge in [-0.1, -0.05) is 72.8 Å². The van der Waals surface area contributed by atoms with Gasteiger partial charge in [0.1, 0.15) is 6.04 Å². The highest BCUT2D eigenvalue weighted by molar-refractivity contribution is 7.10. The normalized spacial score (nSPS) is 13.0. The van der Waals surface area contributed by atoms with E-state index in [0.717, 1.165) is 10.4 Å². The fourth-order valence-electron chi connectivity index (χ4n) is 3.41. The molecule has 0 unspecified atom stereocenters. The van der Waals surface area contributed by atoms with E-state index in [1.807, 2.05) is 47.8 Å². The minimum Gasteiger partial charge on any atom is -0.339 e. The Kier molecular flexibility index (Phi) is 6.52. The van der Waals surface area contributed by atoms with E-state index < -0.39 is 0 Å². The van der Waals surface area contributed by atoms with Crippen LogP contribution >= 0.6 is 22.7 Å². The second-order valence-electron chi connectivity index (χ2n) is 6.77. The standard InChI is InChI=1S/C24H22N2OS2/c27-22(26-24(21-14-8-16-29-21)19-11-5-2-6-12-19)17-25-23(20-13-7-15-28-20)18-9-3-1-4-10-18/h1-16,23-25H,17H2,(H,26,27)/p+1/t23-,24-/m0/s1. The van der Waals surface area contributed by atoms with Crippen molar-refractivity contribution in [3.63, 3.8) is 0 Å². The molecule has 146 valence electrons. The average Bonchev–Trinajstić information content (AvgIpc) is 3.48.